The molecule has 0 saturated heterocycles. The summed E-state index contributed by atoms with van der Waals surface area (Å²) in [5.41, 5.74) is 0.407. The van der Waals surface area contributed by atoms with Gasteiger partial charge in [-0.05, 0) is 30.3 Å². The summed E-state index contributed by atoms with van der Waals surface area (Å²) in [6, 6.07) is 12.8. The third-order valence-corrected chi connectivity index (χ3v) is 2.70. The molecule has 4 nitrogen and oxygen atoms in total. The van der Waals surface area contributed by atoms with E-state index in [1.807, 2.05) is 0 Å². The number of methoxy groups -OCH3 is 1. The molecule has 0 radical (unpaired) electrons. The quantitative estimate of drug-likeness (QED) is 0.606. The second-order valence-corrected chi connectivity index (χ2v) is 4.15. The third kappa shape index (κ3) is 4.21. The number of carbonyl (C=O) groups is 1. The largest absolute Gasteiger partial charge is 0.490 e. The summed E-state index contributed by atoms with van der Waals surface area (Å²) in [5, 5.41) is 0. The first kappa shape index (κ1) is 14.8. The molecule has 0 bridgehead atoms. The molecule has 0 spiro atoms. The molecule has 0 atom stereocenters. The van der Waals surface area contributed by atoms with Crippen molar-refractivity contribution in [1.82, 2.24) is 0 Å². The molecule has 0 saturated carbocycles. The van der Waals surface area contributed by atoms with Gasteiger partial charge in [-0.25, -0.2) is 9.18 Å². The Bertz CT molecular complexity index is 613. The van der Waals surface area contributed by atoms with E-state index in [4.69, 9.17) is 9.47 Å². The first-order chi connectivity index (χ1) is 10.2. The van der Waals surface area contributed by atoms with Crippen LogP contribution in [0.5, 0.6) is 11.5 Å². The van der Waals surface area contributed by atoms with Crippen LogP contribution in [-0.4, -0.2) is 26.3 Å². The molecule has 21 heavy (non-hydrogen) atoms. The molecule has 2 rings (SSSR count). The monoisotopic (exact) mass is 290 g/mol. The van der Waals surface area contributed by atoms with E-state index < -0.39 is 11.8 Å². The van der Waals surface area contributed by atoms with Crippen molar-refractivity contribution in [1.29, 1.82) is 0 Å². The van der Waals surface area contributed by atoms with Gasteiger partial charge in [-0.15, -0.1) is 0 Å². The summed E-state index contributed by atoms with van der Waals surface area (Å²) in [6.07, 6.45) is 0. The van der Waals surface area contributed by atoms with Crippen LogP contribution in [0.15, 0.2) is 48.5 Å². The lowest BCUT2D eigenvalue weighted by Crippen LogP contribution is -2.10. The van der Waals surface area contributed by atoms with Crippen molar-refractivity contribution in [3.8, 4) is 11.5 Å². The average Bonchev–Trinajstić information content (AvgIpc) is 2.52. The van der Waals surface area contributed by atoms with Crippen LogP contribution in [0, 0.1) is 5.82 Å². The Hall–Kier alpha value is -2.56. The molecule has 0 fully saturated rings. The molecule has 0 aromatic heterocycles. The van der Waals surface area contributed by atoms with Gasteiger partial charge >= 0.3 is 5.97 Å². The fourth-order valence-corrected chi connectivity index (χ4v) is 1.70. The minimum absolute atomic E-state index is 0.185. The minimum Gasteiger partial charge on any atom is -0.490 e. The SMILES string of the molecule is COC(=O)c1cccc(OCCOc2ccccc2F)c1. The van der Waals surface area contributed by atoms with Gasteiger partial charge < -0.3 is 14.2 Å². The molecule has 5 heteroatoms. The van der Waals surface area contributed by atoms with Gasteiger partial charge in [0.25, 0.3) is 0 Å². The first-order valence-corrected chi connectivity index (χ1v) is 6.39. The van der Waals surface area contributed by atoms with E-state index in [0.29, 0.717) is 11.3 Å². The molecule has 0 N–H and O–H groups in total. The highest BCUT2D eigenvalue weighted by molar-refractivity contribution is 5.89. The van der Waals surface area contributed by atoms with E-state index >= 15 is 0 Å². The normalized spacial score (nSPS) is 10.0. The van der Waals surface area contributed by atoms with Crippen molar-refractivity contribution >= 4 is 5.97 Å². The lowest BCUT2D eigenvalue weighted by molar-refractivity contribution is 0.0600. The smallest absolute Gasteiger partial charge is 0.337 e. The second kappa shape index (κ2) is 7.28. The summed E-state index contributed by atoms with van der Waals surface area (Å²) in [5.74, 6) is -0.132. The van der Waals surface area contributed by atoms with E-state index in [2.05, 4.69) is 4.74 Å². The maximum absolute atomic E-state index is 13.3. The average molecular weight is 290 g/mol. The number of halogens is 1. The molecule has 0 unspecified atom stereocenters. The Morgan fingerprint density at radius 2 is 1.81 bits per heavy atom. The van der Waals surface area contributed by atoms with Crippen LogP contribution in [0.4, 0.5) is 4.39 Å². The number of para-hydroxylation sites is 1. The van der Waals surface area contributed by atoms with Crippen molar-refractivity contribution in [3.05, 3.63) is 59.9 Å². The molecule has 0 aliphatic carbocycles. The molecular weight excluding hydrogens is 275 g/mol. The lowest BCUT2D eigenvalue weighted by Gasteiger charge is -2.09. The lowest BCUT2D eigenvalue weighted by atomic mass is 10.2. The Morgan fingerprint density at radius 1 is 1.05 bits per heavy atom. The molecule has 110 valence electrons. The number of hydrogen-bond donors (Lipinski definition) is 0. The topological polar surface area (TPSA) is 44.8 Å². The summed E-state index contributed by atoms with van der Waals surface area (Å²) in [7, 11) is 1.32. The molecule has 2 aromatic rings. The summed E-state index contributed by atoms with van der Waals surface area (Å²) < 4.78 is 28.6. The molecular formula is C16H15FO4. The van der Waals surface area contributed by atoms with Crippen molar-refractivity contribution in [3.63, 3.8) is 0 Å². The maximum atomic E-state index is 13.3. The Labute approximate surface area is 122 Å². The van der Waals surface area contributed by atoms with Crippen molar-refractivity contribution in [2.45, 2.75) is 0 Å². The number of ether oxygens (including phenoxy) is 3. The molecule has 2 aromatic carbocycles. The van der Waals surface area contributed by atoms with Gasteiger partial charge in [0.15, 0.2) is 11.6 Å². The summed E-state index contributed by atoms with van der Waals surface area (Å²) in [6.45, 7) is 0.433. The number of benzene rings is 2. The highest BCUT2D eigenvalue weighted by Gasteiger charge is 2.06. The number of hydrogen-bond acceptors (Lipinski definition) is 4. The van der Waals surface area contributed by atoms with Crippen LogP contribution < -0.4 is 9.47 Å². The van der Waals surface area contributed by atoms with Gasteiger partial charge in [0.2, 0.25) is 0 Å². The zero-order valence-electron chi connectivity index (χ0n) is 11.5. The van der Waals surface area contributed by atoms with Gasteiger partial charge in [-0.3, -0.25) is 0 Å². The molecule has 0 aliphatic rings. The molecule has 0 heterocycles. The van der Waals surface area contributed by atoms with E-state index in [9.17, 15) is 9.18 Å². The van der Waals surface area contributed by atoms with Gasteiger partial charge in [0, 0.05) is 0 Å². The standard InChI is InChI=1S/C16H15FO4/c1-19-16(18)12-5-4-6-13(11-12)20-9-10-21-15-8-3-2-7-14(15)17/h2-8,11H,9-10H2,1H3. The molecule has 0 amide bonds. The van der Waals surface area contributed by atoms with E-state index in [0.717, 1.165) is 0 Å². The Balaban J connectivity index is 1.84. The van der Waals surface area contributed by atoms with Crippen molar-refractivity contribution < 1.29 is 23.4 Å². The Morgan fingerprint density at radius 3 is 2.57 bits per heavy atom. The van der Waals surface area contributed by atoms with Crippen molar-refractivity contribution in [2.75, 3.05) is 20.3 Å². The van der Waals surface area contributed by atoms with Crippen LogP contribution in [0.2, 0.25) is 0 Å². The zero-order valence-corrected chi connectivity index (χ0v) is 11.5. The minimum atomic E-state index is -0.428. The highest BCUT2D eigenvalue weighted by Crippen LogP contribution is 2.16. The predicted molar refractivity (Wildman–Crippen MR) is 75.2 cm³/mol. The van der Waals surface area contributed by atoms with Gasteiger partial charge in [0.1, 0.15) is 19.0 Å². The number of esters is 1. The fourth-order valence-electron chi connectivity index (χ4n) is 1.70. The van der Waals surface area contributed by atoms with Gasteiger partial charge in [0.05, 0.1) is 12.7 Å². The fraction of sp³-hybridized carbons (Fsp3) is 0.188. The Kier molecular flexibility index (Phi) is 5.15. The first-order valence-electron chi connectivity index (χ1n) is 6.39. The van der Waals surface area contributed by atoms with E-state index in [1.54, 1.807) is 42.5 Å². The second-order valence-electron chi connectivity index (χ2n) is 4.15. The van der Waals surface area contributed by atoms with Crippen LogP contribution in [0.1, 0.15) is 10.4 Å². The van der Waals surface area contributed by atoms with Crippen LogP contribution in [0.25, 0.3) is 0 Å². The van der Waals surface area contributed by atoms with Gasteiger partial charge in [-0.2, -0.15) is 0 Å². The van der Waals surface area contributed by atoms with Crippen LogP contribution in [-0.2, 0) is 4.74 Å². The zero-order chi connectivity index (χ0) is 15.1. The van der Waals surface area contributed by atoms with Gasteiger partial charge in [-0.1, -0.05) is 18.2 Å². The summed E-state index contributed by atoms with van der Waals surface area (Å²) >= 11 is 0. The maximum Gasteiger partial charge on any atom is 0.337 e. The number of carbonyl (C=O) groups excluding carboxylic acids is 1. The van der Waals surface area contributed by atoms with E-state index in [-0.39, 0.29) is 19.0 Å². The predicted octanol–water partition coefficient (Wildman–Crippen LogP) is 3.07. The van der Waals surface area contributed by atoms with Crippen LogP contribution >= 0.6 is 0 Å². The van der Waals surface area contributed by atoms with Crippen molar-refractivity contribution in [2.24, 2.45) is 0 Å². The van der Waals surface area contributed by atoms with E-state index in [1.165, 1.54) is 13.2 Å². The highest BCUT2D eigenvalue weighted by atomic mass is 19.1. The molecule has 0 aliphatic heterocycles. The van der Waals surface area contributed by atoms with Crippen LogP contribution in [0.3, 0.4) is 0 Å². The third-order valence-electron chi connectivity index (χ3n) is 2.70. The summed E-state index contributed by atoms with van der Waals surface area (Å²) in [4.78, 5) is 11.4. The number of rotatable bonds is 6.